The van der Waals surface area contributed by atoms with Crippen LogP contribution in [0.15, 0.2) is 58.7 Å². The maximum Gasteiger partial charge on any atom is 0.262 e. The molecule has 0 bridgehead atoms. The van der Waals surface area contributed by atoms with Crippen molar-refractivity contribution >= 4 is 28.3 Å². The molecule has 1 aromatic carbocycles. The summed E-state index contributed by atoms with van der Waals surface area (Å²) in [5.74, 6) is 0.0670. The van der Waals surface area contributed by atoms with Crippen molar-refractivity contribution in [1.82, 2.24) is 15.0 Å². The lowest BCUT2D eigenvalue weighted by molar-refractivity contribution is 1.16. The highest BCUT2D eigenvalue weighted by Crippen LogP contribution is 2.32. The lowest BCUT2D eigenvalue weighted by Crippen LogP contribution is -2.13. The Kier molecular flexibility index (Phi) is 3.17. The Balaban J connectivity index is 2.10. The van der Waals surface area contributed by atoms with Crippen LogP contribution in [-0.4, -0.2) is 15.0 Å². The fourth-order valence-corrected chi connectivity index (χ4v) is 3.29. The summed E-state index contributed by atoms with van der Waals surface area (Å²) in [6.07, 6.45) is 0. The molecule has 0 amide bonds. The van der Waals surface area contributed by atoms with Crippen molar-refractivity contribution in [3.8, 4) is 21.7 Å². The van der Waals surface area contributed by atoms with E-state index in [-0.39, 0.29) is 11.5 Å². The number of nitrogens with zero attached hydrogens (tertiary/aromatic N) is 2. The van der Waals surface area contributed by atoms with Gasteiger partial charge in [-0.1, -0.05) is 36.4 Å². The Morgan fingerprint density at radius 2 is 1.87 bits per heavy atom. The van der Waals surface area contributed by atoms with Gasteiger partial charge in [-0.25, -0.2) is 4.98 Å². The molecule has 0 fully saturated rings. The number of aromatic nitrogens is 3. The Hall–Kier alpha value is -2.99. The summed E-state index contributed by atoms with van der Waals surface area (Å²) in [5.41, 5.74) is 8.31. The highest BCUT2D eigenvalue weighted by atomic mass is 32.1. The van der Waals surface area contributed by atoms with Gasteiger partial charge in [0.15, 0.2) is 5.65 Å². The molecule has 0 saturated carbocycles. The molecule has 112 valence electrons. The fraction of sp³-hybridized carbons (Fsp3) is 0. The molecule has 0 spiro atoms. The minimum absolute atomic E-state index is 0.0670. The average Bonchev–Trinajstić information content (AvgIpc) is 3.08. The summed E-state index contributed by atoms with van der Waals surface area (Å²) in [6.45, 7) is 0. The van der Waals surface area contributed by atoms with Crippen LogP contribution in [0.5, 0.6) is 0 Å². The predicted octanol–water partition coefficient (Wildman–Crippen LogP) is 3.30. The molecule has 3 N–H and O–H groups in total. The van der Waals surface area contributed by atoms with Crippen molar-refractivity contribution in [2.75, 3.05) is 5.73 Å². The number of nitrogens with two attached hydrogens (primary N) is 1. The molecule has 0 atom stereocenters. The van der Waals surface area contributed by atoms with E-state index in [1.807, 2.05) is 53.9 Å². The van der Waals surface area contributed by atoms with E-state index < -0.39 is 0 Å². The Labute approximate surface area is 135 Å². The van der Waals surface area contributed by atoms with E-state index in [1.165, 1.54) is 0 Å². The predicted molar refractivity (Wildman–Crippen MR) is 93.3 cm³/mol. The normalized spacial score (nSPS) is 11.0. The maximum atomic E-state index is 12.4. The molecule has 0 saturated heterocycles. The number of hydrogen-bond donors (Lipinski definition) is 2. The number of pyridine rings is 1. The van der Waals surface area contributed by atoms with E-state index in [9.17, 15) is 4.79 Å². The zero-order chi connectivity index (χ0) is 15.8. The average molecular weight is 320 g/mol. The molecule has 0 unspecified atom stereocenters. The topological polar surface area (TPSA) is 84.7 Å². The Morgan fingerprint density at radius 3 is 2.61 bits per heavy atom. The van der Waals surface area contributed by atoms with Gasteiger partial charge in [0.25, 0.3) is 5.56 Å². The molecular weight excluding hydrogens is 308 g/mol. The third kappa shape index (κ3) is 2.39. The number of H-pyrrole nitrogens is 1. The molecule has 6 heteroatoms. The first-order valence-corrected chi connectivity index (χ1v) is 7.90. The van der Waals surface area contributed by atoms with Crippen molar-refractivity contribution in [3.63, 3.8) is 0 Å². The zero-order valence-corrected chi connectivity index (χ0v) is 12.8. The minimum atomic E-state index is -0.275. The second-order valence-electron chi connectivity index (χ2n) is 5.05. The van der Waals surface area contributed by atoms with Gasteiger partial charge < -0.3 is 5.73 Å². The molecule has 23 heavy (non-hydrogen) atoms. The largest absolute Gasteiger partial charge is 0.369 e. The monoisotopic (exact) mass is 320 g/mol. The highest BCUT2D eigenvalue weighted by Gasteiger charge is 2.14. The number of thiophene rings is 1. The van der Waals surface area contributed by atoms with E-state index in [4.69, 9.17) is 5.73 Å². The summed E-state index contributed by atoms with van der Waals surface area (Å²) in [5, 5.41) is 2.43. The summed E-state index contributed by atoms with van der Waals surface area (Å²) < 4.78 is 0. The van der Waals surface area contributed by atoms with Gasteiger partial charge in [0.1, 0.15) is 0 Å². The van der Waals surface area contributed by atoms with Crippen molar-refractivity contribution < 1.29 is 0 Å². The lowest BCUT2D eigenvalue weighted by atomic mass is 10.1. The SMILES string of the molecule is Nc1nc2nc(-c3ccccc3)cc(-c3cccs3)c2c(=O)[nH]1. The van der Waals surface area contributed by atoms with Crippen LogP contribution >= 0.6 is 11.3 Å². The van der Waals surface area contributed by atoms with Crippen LogP contribution in [0.2, 0.25) is 0 Å². The molecule has 0 radical (unpaired) electrons. The number of rotatable bonds is 2. The van der Waals surface area contributed by atoms with E-state index in [2.05, 4.69) is 15.0 Å². The van der Waals surface area contributed by atoms with Crippen molar-refractivity contribution in [1.29, 1.82) is 0 Å². The van der Waals surface area contributed by atoms with Crippen LogP contribution in [0.3, 0.4) is 0 Å². The van der Waals surface area contributed by atoms with Crippen molar-refractivity contribution in [2.24, 2.45) is 0 Å². The zero-order valence-electron chi connectivity index (χ0n) is 12.0. The van der Waals surface area contributed by atoms with Gasteiger partial charge in [0, 0.05) is 16.0 Å². The van der Waals surface area contributed by atoms with Crippen LogP contribution in [0.4, 0.5) is 5.95 Å². The van der Waals surface area contributed by atoms with Crippen molar-refractivity contribution in [3.05, 3.63) is 64.3 Å². The number of fused-ring (bicyclic) bond motifs is 1. The Morgan fingerprint density at radius 1 is 1.04 bits per heavy atom. The molecule has 3 heterocycles. The van der Waals surface area contributed by atoms with E-state index in [1.54, 1.807) is 11.3 Å². The van der Waals surface area contributed by atoms with Gasteiger partial charge in [-0.05, 0) is 17.5 Å². The molecule has 4 aromatic rings. The molecule has 4 rings (SSSR count). The van der Waals surface area contributed by atoms with E-state index >= 15 is 0 Å². The lowest BCUT2D eigenvalue weighted by Gasteiger charge is -2.08. The number of anilines is 1. The molecule has 5 nitrogen and oxygen atoms in total. The summed E-state index contributed by atoms with van der Waals surface area (Å²) in [4.78, 5) is 24.6. The van der Waals surface area contributed by atoms with Gasteiger partial charge in [-0.3, -0.25) is 9.78 Å². The van der Waals surface area contributed by atoms with Gasteiger partial charge in [-0.2, -0.15) is 4.98 Å². The first-order chi connectivity index (χ1) is 11.2. The van der Waals surface area contributed by atoms with Gasteiger partial charge in [0.2, 0.25) is 5.95 Å². The van der Waals surface area contributed by atoms with Crippen molar-refractivity contribution in [2.45, 2.75) is 0 Å². The molecule has 0 aliphatic heterocycles. The molecule has 3 aromatic heterocycles. The van der Waals surface area contributed by atoms with Gasteiger partial charge in [0.05, 0.1) is 11.1 Å². The molecular formula is C17H12N4OS. The smallest absolute Gasteiger partial charge is 0.262 e. The fourth-order valence-electron chi connectivity index (χ4n) is 2.54. The molecule has 0 aliphatic carbocycles. The second kappa shape index (κ2) is 5.33. The first kappa shape index (κ1) is 13.7. The molecule has 0 aliphatic rings. The quantitative estimate of drug-likeness (QED) is 0.593. The summed E-state index contributed by atoms with van der Waals surface area (Å²) in [6, 6.07) is 15.7. The van der Waals surface area contributed by atoms with Gasteiger partial charge in [-0.15, -0.1) is 11.3 Å². The van der Waals surface area contributed by atoms with Gasteiger partial charge >= 0.3 is 0 Å². The highest BCUT2D eigenvalue weighted by molar-refractivity contribution is 7.13. The Bertz CT molecular complexity index is 1040. The third-order valence-electron chi connectivity index (χ3n) is 3.55. The standard InChI is InChI=1S/C17H12N4OS/c18-17-20-15-14(16(22)21-17)11(13-7-4-8-23-13)9-12(19-15)10-5-2-1-3-6-10/h1-9H,(H3,18,19,20,21,22). The summed E-state index contributed by atoms with van der Waals surface area (Å²) >= 11 is 1.57. The third-order valence-corrected chi connectivity index (χ3v) is 4.45. The number of nitrogens with one attached hydrogen (secondary N) is 1. The van der Waals surface area contributed by atoms with Crippen LogP contribution in [-0.2, 0) is 0 Å². The minimum Gasteiger partial charge on any atom is -0.369 e. The van der Waals surface area contributed by atoms with Crippen LogP contribution < -0.4 is 11.3 Å². The first-order valence-electron chi connectivity index (χ1n) is 7.02. The number of aromatic amines is 1. The number of nitrogen functional groups attached to an aromatic ring is 1. The van der Waals surface area contributed by atoms with Crippen LogP contribution in [0.25, 0.3) is 32.7 Å². The number of benzene rings is 1. The van der Waals surface area contributed by atoms with E-state index in [0.29, 0.717) is 11.0 Å². The maximum absolute atomic E-state index is 12.4. The number of hydrogen-bond acceptors (Lipinski definition) is 5. The van der Waals surface area contributed by atoms with Crippen LogP contribution in [0, 0.1) is 0 Å². The van der Waals surface area contributed by atoms with Crippen LogP contribution in [0.1, 0.15) is 0 Å². The summed E-state index contributed by atoms with van der Waals surface area (Å²) in [7, 11) is 0. The van der Waals surface area contributed by atoms with E-state index in [0.717, 1.165) is 21.7 Å². The second-order valence-corrected chi connectivity index (χ2v) is 6.00.